The number of amides is 1. The predicted octanol–water partition coefficient (Wildman–Crippen LogP) is 3.12. The molecule has 1 amide bonds. The van der Waals surface area contributed by atoms with Gasteiger partial charge in [-0.3, -0.25) is 9.69 Å². The molecule has 0 radical (unpaired) electrons. The van der Waals surface area contributed by atoms with Crippen molar-refractivity contribution < 1.29 is 18.0 Å². The van der Waals surface area contributed by atoms with E-state index in [4.69, 9.17) is 0 Å². The lowest BCUT2D eigenvalue weighted by Crippen LogP contribution is -2.54. The number of carbonyl (C=O) groups is 1. The Kier molecular flexibility index (Phi) is 4.04. The summed E-state index contributed by atoms with van der Waals surface area (Å²) in [4.78, 5) is 20.5. The maximum Gasteiger partial charge on any atom is 0.416 e. The van der Waals surface area contributed by atoms with Crippen LogP contribution < -0.4 is 0 Å². The molecule has 2 aromatic rings. The van der Waals surface area contributed by atoms with Gasteiger partial charge in [0.05, 0.1) is 11.1 Å². The van der Waals surface area contributed by atoms with Gasteiger partial charge in [-0.25, -0.2) is 4.98 Å². The van der Waals surface area contributed by atoms with Crippen molar-refractivity contribution in [2.75, 3.05) is 19.6 Å². The van der Waals surface area contributed by atoms with Crippen molar-refractivity contribution in [2.24, 2.45) is 5.92 Å². The van der Waals surface area contributed by atoms with Crippen molar-refractivity contribution in [1.29, 1.82) is 0 Å². The fourth-order valence-electron chi connectivity index (χ4n) is 3.61. The Morgan fingerprint density at radius 2 is 1.96 bits per heavy atom. The molecular weight excluding hydrogens is 351 g/mol. The minimum absolute atomic E-state index is 0.0369. The van der Waals surface area contributed by atoms with Crippen molar-refractivity contribution in [3.63, 3.8) is 0 Å². The first-order valence-corrected chi connectivity index (χ1v) is 8.94. The predicted molar refractivity (Wildman–Crippen MR) is 87.1 cm³/mol. The Hall–Kier alpha value is -1.93. The van der Waals surface area contributed by atoms with E-state index in [0.29, 0.717) is 24.7 Å². The van der Waals surface area contributed by atoms with Crippen molar-refractivity contribution in [2.45, 2.75) is 18.8 Å². The molecular formula is C17H16F3N3OS. The highest BCUT2D eigenvalue weighted by Gasteiger charge is 2.46. The number of thiazole rings is 1. The Bertz CT molecular complexity index is 760. The van der Waals surface area contributed by atoms with Gasteiger partial charge in [0.1, 0.15) is 5.69 Å². The first-order valence-electron chi connectivity index (χ1n) is 7.99. The van der Waals surface area contributed by atoms with Crippen LogP contribution in [0.1, 0.15) is 21.6 Å². The van der Waals surface area contributed by atoms with E-state index in [1.165, 1.54) is 23.5 Å². The number of hydrogen-bond acceptors (Lipinski definition) is 4. The van der Waals surface area contributed by atoms with E-state index in [1.54, 1.807) is 10.9 Å². The van der Waals surface area contributed by atoms with Gasteiger partial charge in [-0.2, -0.15) is 13.2 Å². The summed E-state index contributed by atoms with van der Waals surface area (Å²) in [6.45, 7) is 2.86. The highest BCUT2D eigenvalue weighted by Crippen LogP contribution is 2.35. The molecule has 132 valence electrons. The first kappa shape index (κ1) is 16.5. The maximum atomic E-state index is 12.6. The molecule has 0 N–H and O–H groups in total. The van der Waals surface area contributed by atoms with Crippen LogP contribution in [-0.4, -0.2) is 46.4 Å². The third-order valence-electron chi connectivity index (χ3n) is 4.95. The number of benzene rings is 1. The summed E-state index contributed by atoms with van der Waals surface area (Å²) in [5.74, 6) is 0.405. The molecule has 2 saturated heterocycles. The summed E-state index contributed by atoms with van der Waals surface area (Å²) >= 11 is 1.40. The minimum atomic E-state index is -4.30. The lowest BCUT2D eigenvalue weighted by Gasteiger charge is -2.43. The lowest BCUT2D eigenvalue weighted by molar-refractivity contribution is -0.137. The van der Waals surface area contributed by atoms with Crippen LogP contribution in [0.15, 0.2) is 35.2 Å². The van der Waals surface area contributed by atoms with E-state index in [-0.39, 0.29) is 11.9 Å². The average molecular weight is 367 g/mol. The molecule has 25 heavy (non-hydrogen) atoms. The molecule has 2 unspecified atom stereocenters. The lowest BCUT2D eigenvalue weighted by atomic mass is 9.91. The van der Waals surface area contributed by atoms with Crippen molar-refractivity contribution in [3.8, 4) is 0 Å². The second-order valence-electron chi connectivity index (χ2n) is 6.54. The molecule has 2 aliphatic heterocycles. The highest BCUT2D eigenvalue weighted by molar-refractivity contribution is 7.07. The number of hydrogen-bond donors (Lipinski definition) is 0. The van der Waals surface area contributed by atoms with Gasteiger partial charge in [-0.05, 0) is 17.7 Å². The van der Waals surface area contributed by atoms with E-state index in [1.807, 2.05) is 4.90 Å². The van der Waals surface area contributed by atoms with Gasteiger partial charge in [0.2, 0.25) is 0 Å². The largest absolute Gasteiger partial charge is 0.416 e. The van der Waals surface area contributed by atoms with E-state index in [2.05, 4.69) is 9.88 Å². The van der Waals surface area contributed by atoms with E-state index < -0.39 is 11.7 Å². The van der Waals surface area contributed by atoms with Crippen LogP contribution >= 0.6 is 11.3 Å². The number of halogens is 3. The molecule has 8 heteroatoms. The average Bonchev–Trinajstić information content (AvgIpc) is 3.20. The van der Waals surface area contributed by atoms with Gasteiger partial charge >= 0.3 is 6.18 Å². The van der Waals surface area contributed by atoms with Gasteiger partial charge in [0, 0.05) is 43.5 Å². The number of carbonyl (C=O) groups excluding carboxylic acids is 1. The van der Waals surface area contributed by atoms with Crippen LogP contribution in [-0.2, 0) is 12.7 Å². The van der Waals surface area contributed by atoms with Crippen molar-refractivity contribution in [1.82, 2.24) is 14.8 Å². The SMILES string of the molecule is O=C(c1cscn1)N1CC2CN(Cc3ccc(C(F)(F)F)cc3)C2C1. The third-order valence-corrected chi connectivity index (χ3v) is 5.54. The summed E-state index contributed by atoms with van der Waals surface area (Å²) < 4.78 is 37.9. The Morgan fingerprint density at radius 1 is 1.20 bits per heavy atom. The smallest absolute Gasteiger partial charge is 0.335 e. The molecule has 0 bridgehead atoms. The van der Waals surface area contributed by atoms with Crippen LogP contribution in [0.25, 0.3) is 0 Å². The number of rotatable bonds is 3. The normalized spacial score (nSPS) is 23.4. The summed E-state index contributed by atoms with van der Waals surface area (Å²) in [5, 5.41) is 1.75. The number of aromatic nitrogens is 1. The van der Waals surface area contributed by atoms with Gasteiger partial charge < -0.3 is 4.90 Å². The summed E-state index contributed by atoms with van der Waals surface area (Å²) in [6, 6.07) is 5.59. The number of fused-ring (bicyclic) bond motifs is 1. The monoisotopic (exact) mass is 367 g/mol. The molecule has 1 aromatic heterocycles. The summed E-state index contributed by atoms with van der Waals surface area (Å²) in [7, 11) is 0. The molecule has 2 fully saturated rings. The Labute approximate surface area is 146 Å². The third kappa shape index (κ3) is 3.16. The highest BCUT2D eigenvalue weighted by atomic mass is 32.1. The van der Waals surface area contributed by atoms with Crippen molar-refractivity contribution >= 4 is 17.2 Å². The molecule has 0 spiro atoms. The van der Waals surface area contributed by atoms with Gasteiger partial charge in [0.15, 0.2) is 0 Å². The first-order chi connectivity index (χ1) is 11.9. The molecule has 0 saturated carbocycles. The topological polar surface area (TPSA) is 36.4 Å². The zero-order chi connectivity index (χ0) is 17.6. The van der Waals surface area contributed by atoms with Gasteiger partial charge in [-0.1, -0.05) is 12.1 Å². The molecule has 4 nitrogen and oxygen atoms in total. The van der Waals surface area contributed by atoms with Crippen molar-refractivity contribution in [3.05, 3.63) is 52.0 Å². The van der Waals surface area contributed by atoms with Crippen LogP contribution in [0, 0.1) is 5.92 Å². The quantitative estimate of drug-likeness (QED) is 0.836. The number of nitrogens with zero attached hydrogens (tertiary/aromatic N) is 3. The van der Waals surface area contributed by atoms with Crippen LogP contribution in [0.5, 0.6) is 0 Å². The minimum Gasteiger partial charge on any atom is -0.335 e. The fourth-order valence-corrected chi connectivity index (χ4v) is 4.13. The maximum absolute atomic E-state index is 12.6. The summed E-state index contributed by atoms with van der Waals surface area (Å²) in [5.41, 5.74) is 2.37. The molecule has 4 rings (SSSR count). The molecule has 1 aromatic carbocycles. The van der Waals surface area contributed by atoms with Crippen LogP contribution in [0.2, 0.25) is 0 Å². The van der Waals surface area contributed by atoms with Gasteiger partial charge in [-0.15, -0.1) is 11.3 Å². The number of alkyl halides is 3. The van der Waals surface area contributed by atoms with E-state index in [0.717, 1.165) is 30.8 Å². The molecule has 0 aliphatic carbocycles. The Morgan fingerprint density at radius 3 is 2.60 bits per heavy atom. The van der Waals surface area contributed by atoms with Gasteiger partial charge in [0.25, 0.3) is 5.91 Å². The zero-order valence-electron chi connectivity index (χ0n) is 13.2. The molecule has 3 heterocycles. The van der Waals surface area contributed by atoms with E-state index >= 15 is 0 Å². The van der Waals surface area contributed by atoms with E-state index in [9.17, 15) is 18.0 Å². The zero-order valence-corrected chi connectivity index (χ0v) is 14.1. The summed E-state index contributed by atoms with van der Waals surface area (Å²) in [6.07, 6.45) is -4.30. The van der Waals surface area contributed by atoms with Crippen LogP contribution in [0.4, 0.5) is 13.2 Å². The fraction of sp³-hybridized carbons (Fsp3) is 0.412. The van der Waals surface area contributed by atoms with Crippen LogP contribution in [0.3, 0.4) is 0 Å². The second-order valence-corrected chi connectivity index (χ2v) is 7.25. The molecule has 2 atom stereocenters. The number of likely N-dealkylation sites (tertiary alicyclic amines) is 2. The second kappa shape index (κ2) is 6.10. The standard InChI is InChI=1S/C17H16F3N3OS/c18-17(19,20)13-3-1-11(2-4-13)5-22-6-12-7-23(8-15(12)22)16(24)14-9-25-10-21-14/h1-4,9-10,12,15H,5-8H2. The molecule has 2 aliphatic rings. The Balaban J connectivity index is 1.37.